The van der Waals surface area contributed by atoms with Gasteiger partial charge in [0.15, 0.2) is 11.6 Å². The van der Waals surface area contributed by atoms with E-state index < -0.39 is 17.5 Å². The highest BCUT2D eigenvalue weighted by Gasteiger charge is 2.20. The van der Waals surface area contributed by atoms with Crippen LogP contribution in [0.4, 0.5) is 13.2 Å². The standard InChI is InChI=1S/C22H19F3O/c1-3-5-6-14-7-9-15(10-8-14)17-12-11-16-13-18(26-4-2)21(24)22(25)19(16)20(17)23/h3,7-13H,1,4-6H2,2H3. The quantitative estimate of drug-likeness (QED) is 0.462. The monoisotopic (exact) mass is 356 g/mol. The molecule has 134 valence electrons. The zero-order valence-corrected chi connectivity index (χ0v) is 14.5. The van der Waals surface area contributed by atoms with Crippen LogP contribution in [-0.2, 0) is 6.42 Å². The van der Waals surface area contributed by atoms with Gasteiger partial charge in [0.2, 0.25) is 5.82 Å². The molecule has 0 amide bonds. The van der Waals surface area contributed by atoms with E-state index in [2.05, 4.69) is 6.58 Å². The first kappa shape index (κ1) is 18.1. The number of hydrogen-bond acceptors (Lipinski definition) is 1. The molecule has 0 unspecified atom stereocenters. The summed E-state index contributed by atoms with van der Waals surface area (Å²) in [6, 6.07) is 11.8. The molecular formula is C22H19F3O. The molecule has 26 heavy (non-hydrogen) atoms. The summed E-state index contributed by atoms with van der Waals surface area (Å²) >= 11 is 0. The fourth-order valence-electron chi connectivity index (χ4n) is 2.96. The number of allylic oxidation sites excluding steroid dienone is 1. The van der Waals surface area contributed by atoms with Crippen molar-refractivity contribution in [2.24, 2.45) is 0 Å². The molecule has 0 fully saturated rings. The van der Waals surface area contributed by atoms with Gasteiger partial charge in [0, 0.05) is 5.56 Å². The highest BCUT2D eigenvalue weighted by Crippen LogP contribution is 2.35. The maximum absolute atomic E-state index is 15.0. The fourth-order valence-corrected chi connectivity index (χ4v) is 2.96. The third-order valence-corrected chi connectivity index (χ3v) is 4.29. The Hall–Kier alpha value is -2.75. The topological polar surface area (TPSA) is 9.23 Å². The van der Waals surface area contributed by atoms with Gasteiger partial charge in [0.1, 0.15) is 5.82 Å². The smallest absolute Gasteiger partial charge is 0.201 e. The molecule has 0 bridgehead atoms. The number of halogens is 3. The van der Waals surface area contributed by atoms with Gasteiger partial charge in [0.05, 0.1) is 12.0 Å². The number of rotatable bonds is 6. The van der Waals surface area contributed by atoms with E-state index in [1.165, 1.54) is 6.07 Å². The van der Waals surface area contributed by atoms with Crippen LogP contribution in [-0.4, -0.2) is 6.61 Å². The predicted octanol–water partition coefficient (Wildman–Crippen LogP) is 6.44. The van der Waals surface area contributed by atoms with Crippen LogP contribution in [0.15, 0.2) is 55.1 Å². The first-order valence-electron chi connectivity index (χ1n) is 8.50. The molecule has 3 rings (SSSR count). The molecule has 0 radical (unpaired) electrons. The predicted molar refractivity (Wildman–Crippen MR) is 98.9 cm³/mol. The normalized spacial score (nSPS) is 10.9. The molecule has 4 heteroatoms. The van der Waals surface area contributed by atoms with Crippen molar-refractivity contribution in [1.82, 2.24) is 0 Å². The van der Waals surface area contributed by atoms with Crippen LogP contribution in [0.1, 0.15) is 18.9 Å². The van der Waals surface area contributed by atoms with Crippen molar-refractivity contribution in [3.63, 3.8) is 0 Å². The minimum atomic E-state index is -1.23. The molecule has 0 atom stereocenters. The summed E-state index contributed by atoms with van der Waals surface area (Å²) in [5.41, 5.74) is 1.95. The lowest BCUT2D eigenvalue weighted by atomic mass is 9.98. The summed E-state index contributed by atoms with van der Waals surface area (Å²) in [7, 11) is 0. The molecular weight excluding hydrogens is 337 g/mol. The lowest BCUT2D eigenvalue weighted by molar-refractivity contribution is 0.315. The van der Waals surface area contributed by atoms with Gasteiger partial charge in [-0.1, -0.05) is 42.5 Å². The third kappa shape index (κ3) is 3.32. The average molecular weight is 356 g/mol. The summed E-state index contributed by atoms with van der Waals surface area (Å²) in [5.74, 6) is -3.39. The van der Waals surface area contributed by atoms with Gasteiger partial charge < -0.3 is 4.74 Å². The van der Waals surface area contributed by atoms with E-state index in [0.717, 1.165) is 18.4 Å². The summed E-state index contributed by atoms with van der Waals surface area (Å²) in [5, 5.41) is -0.101. The molecule has 3 aromatic rings. The lowest BCUT2D eigenvalue weighted by Crippen LogP contribution is -2.00. The Morgan fingerprint density at radius 1 is 0.962 bits per heavy atom. The Bertz CT molecular complexity index is 946. The molecule has 0 saturated heterocycles. The number of hydrogen-bond donors (Lipinski definition) is 0. The van der Waals surface area contributed by atoms with E-state index in [0.29, 0.717) is 5.56 Å². The van der Waals surface area contributed by atoms with Crippen LogP contribution < -0.4 is 4.74 Å². The van der Waals surface area contributed by atoms with Gasteiger partial charge in [-0.3, -0.25) is 0 Å². The van der Waals surface area contributed by atoms with Crippen LogP contribution in [0, 0.1) is 17.5 Å². The fraction of sp³-hybridized carbons (Fsp3) is 0.182. The Morgan fingerprint density at radius 2 is 1.69 bits per heavy atom. The van der Waals surface area contributed by atoms with Crippen LogP contribution in [0.5, 0.6) is 5.75 Å². The molecule has 0 saturated carbocycles. The Morgan fingerprint density at radius 3 is 2.35 bits per heavy atom. The second kappa shape index (κ2) is 7.65. The maximum atomic E-state index is 15.0. The Labute approximate surface area is 150 Å². The van der Waals surface area contributed by atoms with Crippen molar-refractivity contribution in [3.8, 4) is 16.9 Å². The van der Waals surface area contributed by atoms with Gasteiger partial charge in [-0.05, 0) is 42.3 Å². The zero-order valence-electron chi connectivity index (χ0n) is 14.5. The molecule has 0 aliphatic heterocycles. The average Bonchev–Trinajstić information content (AvgIpc) is 2.65. The van der Waals surface area contributed by atoms with Gasteiger partial charge in [-0.15, -0.1) is 6.58 Å². The van der Waals surface area contributed by atoms with Gasteiger partial charge >= 0.3 is 0 Å². The molecule has 3 aromatic carbocycles. The van der Waals surface area contributed by atoms with Crippen molar-refractivity contribution in [1.29, 1.82) is 0 Å². The van der Waals surface area contributed by atoms with Crippen molar-refractivity contribution in [2.45, 2.75) is 19.8 Å². The first-order valence-corrected chi connectivity index (χ1v) is 8.50. The van der Waals surface area contributed by atoms with E-state index in [1.54, 1.807) is 31.2 Å². The van der Waals surface area contributed by atoms with Gasteiger partial charge in [0.25, 0.3) is 0 Å². The minimum absolute atomic E-state index is 0.195. The third-order valence-electron chi connectivity index (χ3n) is 4.29. The summed E-state index contributed by atoms with van der Waals surface area (Å²) in [6.45, 7) is 5.56. The highest BCUT2D eigenvalue weighted by molar-refractivity contribution is 5.90. The van der Waals surface area contributed by atoms with Gasteiger partial charge in [-0.25, -0.2) is 8.78 Å². The minimum Gasteiger partial charge on any atom is -0.491 e. The van der Waals surface area contributed by atoms with Crippen molar-refractivity contribution in [2.75, 3.05) is 6.61 Å². The van der Waals surface area contributed by atoms with E-state index in [9.17, 15) is 13.2 Å². The highest BCUT2D eigenvalue weighted by atomic mass is 19.2. The number of benzene rings is 3. The maximum Gasteiger partial charge on any atom is 0.201 e. The molecule has 0 N–H and O–H groups in total. The molecule has 0 aromatic heterocycles. The molecule has 0 heterocycles. The number of aryl methyl sites for hydroxylation is 1. The zero-order chi connectivity index (χ0) is 18.7. The Kier molecular flexibility index (Phi) is 5.31. The number of fused-ring (bicyclic) bond motifs is 1. The van der Waals surface area contributed by atoms with Crippen LogP contribution in [0.3, 0.4) is 0 Å². The molecule has 0 aliphatic carbocycles. The van der Waals surface area contributed by atoms with Crippen LogP contribution >= 0.6 is 0 Å². The summed E-state index contributed by atoms with van der Waals surface area (Å²) < 4.78 is 48.6. The van der Waals surface area contributed by atoms with E-state index >= 15 is 0 Å². The van der Waals surface area contributed by atoms with E-state index in [4.69, 9.17) is 4.74 Å². The first-order chi connectivity index (χ1) is 12.6. The SMILES string of the molecule is C=CCCc1ccc(-c2ccc3cc(OCC)c(F)c(F)c3c2F)cc1. The van der Waals surface area contributed by atoms with Gasteiger partial charge in [-0.2, -0.15) is 4.39 Å². The summed E-state index contributed by atoms with van der Waals surface area (Å²) in [6.07, 6.45) is 3.55. The second-order valence-electron chi connectivity index (χ2n) is 5.99. The largest absolute Gasteiger partial charge is 0.491 e. The van der Waals surface area contributed by atoms with Crippen molar-refractivity contribution in [3.05, 3.63) is 78.1 Å². The van der Waals surface area contributed by atoms with Crippen molar-refractivity contribution >= 4 is 10.8 Å². The molecule has 0 aliphatic rings. The van der Waals surface area contributed by atoms with Crippen molar-refractivity contribution < 1.29 is 17.9 Å². The number of ether oxygens (including phenoxy) is 1. The lowest BCUT2D eigenvalue weighted by Gasteiger charge is -2.12. The van der Waals surface area contributed by atoms with Crippen LogP contribution in [0.25, 0.3) is 21.9 Å². The van der Waals surface area contributed by atoms with E-state index in [-0.39, 0.29) is 28.7 Å². The van der Waals surface area contributed by atoms with Crippen LogP contribution in [0.2, 0.25) is 0 Å². The molecule has 1 nitrogen and oxygen atoms in total. The van der Waals surface area contributed by atoms with E-state index in [1.807, 2.05) is 18.2 Å². The molecule has 0 spiro atoms. The second-order valence-corrected chi connectivity index (χ2v) is 5.99. The Balaban J connectivity index is 2.08. The summed E-state index contributed by atoms with van der Waals surface area (Å²) in [4.78, 5) is 0.